The van der Waals surface area contributed by atoms with Crippen LogP contribution < -0.4 is 0 Å². The fourth-order valence-electron chi connectivity index (χ4n) is 2.86. The molecular weight excluding hydrogens is 356 g/mol. The van der Waals surface area contributed by atoms with Crippen LogP contribution >= 0.6 is 0 Å². The molecule has 0 fully saturated rings. The number of rotatable bonds is 4. The van der Waals surface area contributed by atoms with Crippen molar-refractivity contribution in [2.24, 2.45) is 4.99 Å². The highest BCUT2D eigenvalue weighted by Gasteiger charge is 2.10. The van der Waals surface area contributed by atoms with Gasteiger partial charge in [-0.25, -0.2) is 9.78 Å². The zero-order valence-corrected chi connectivity index (χ0v) is 15.0. The lowest BCUT2D eigenvalue weighted by atomic mass is 10.1. The summed E-state index contributed by atoms with van der Waals surface area (Å²) < 4.78 is 5.85. The Labute approximate surface area is 160 Å². The van der Waals surface area contributed by atoms with E-state index in [1.807, 2.05) is 43.3 Å². The summed E-state index contributed by atoms with van der Waals surface area (Å²) in [6, 6.07) is 17.1. The summed E-state index contributed by atoms with van der Waals surface area (Å²) in [6.07, 6.45) is 1.43. The maximum atomic E-state index is 11.1. The number of carboxylic acid groups (broad SMARTS) is 1. The first-order valence-electron chi connectivity index (χ1n) is 8.58. The van der Waals surface area contributed by atoms with Crippen molar-refractivity contribution in [3.8, 4) is 17.2 Å². The number of hydrogen-bond donors (Lipinski definition) is 2. The van der Waals surface area contributed by atoms with Crippen molar-refractivity contribution < 1.29 is 19.4 Å². The summed E-state index contributed by atoms with van der Waals surface area (Å²) in [5.41, 5.74) is 4.37. The average molecular weight is 372 g/mol. The smallest absolute Gasteiger partial charge is 0.335 e. The molecule has 0 aliphatic rings. The molecule has 0 saturated heterocycles. The Hall–Kier alpha value is -3.93. The van der Waals surface area contributed by atoms with Gasteiger partial charge >= 0.3 is 5.97 Å². The fourth-order valence-corrected chi connectivity index (χ4v) is 2.86. The maximum Gasteiger partial charge on any atom is 0.335 e. The Morgan fingerprint density at radius 2 is 1.93 bits per heavy atom. The van der Waals surface area contributed by atoms with E-state index in [0.29, 0.717) is 17.1 Å². The molecule has 0 spiro atoms. The molecule has 1 aromatic heterocycles. The molecule has 28 heavy (non-hydrogen) atoms. The van der Waals surface area contributed by atoms with Crippen LogP contribution in [0.15, 0.2) is 70.1 Å². The molecule has 0 bridgehead atoms. The minimum Gasteiger partial charge on any atom is -0.507 e. The summed E-state index contributed by atoms with van der Waals surface area (Å²) in [4.78, 5) is 20.0. The molecule has 0 amide bonds. The summed E-state index contributed by atoms with van der Waals surface area (Å²) in [7, 11) is 0. The number of aromatic carboxylic acids is 1. The van der Waals surface area contributed by atoms with Gasteiger partial charge in [0.25, 0.3) is 0 Å². The average Bonchev–Trinajstić information content (AvgIpc) is 3.13. The van der Waals surface area contributed by atoms with Gasteiger partial charge in [0.2, 0.25) is 5.89 Å². The molecule has 4 aromatic rings. The van der Waals surface area contributed by atoms with Crippen molar-refractivity contribution in [2.75, 3.05) is 0 Å². The van der Waals surface area contributed by atoms with Crippen LogP contribution in [0.5, 0.6) is 5.75 Å². The van der Waals surface area contributed by atoms with Gasteiger partial charge in [-0.3, -0.25) is 4.99 Å². The quantitative estimate of drug-likeness (QED) is 0.494. The van der Waals surface area contributed by atoms with E-state index < -0.39 is 5.97 Å². The number of aryl methyl sites for hydroxylation is 1. The first-order valence-corrected chi connectivity index (χ1v) is 8.58. The van der Waals surface area contributed by atoms with Crippen molar-refractivity contribution in [1.29, 1.82) is 0 Å². The molecule has 0 radical (unpaired) electrons. The Kier molecular flexibility index (Phi) is 4.37. The van der Waals surface area contributed by atoms with Crippen LogP contribution in [0.25, 0.3) is 22.6 Å². The molecule has 0 unspecified atom stereocenters. The lowest BCUT2D eigenvalue weighted by molar-refractivity contribution is 0.0697. The second-order valence-corrected chi connectivity index (χ2v) is 6.33. The Morgan fingerprint density at radius 1 is 1.11 bits per heavy atom. The second-order valence-electron chi connectivity index (χ2n) is 6.33. The molecule has 4 rings (SSSR count). The molecule has 6 heteroatoms. The third kappa shape index (κ3) is 3.35. The van der Waals surface area contributed by atoms with E-state index in [1.54, 1.807) is 6.07 Å². The van der Waals surface area contributed by atoms with Crippen LogP contribution in [0, 0.1) is 6.92 Å². The third-order valence-corrected chi connectivity index (χ3v) is 4.34. The number of oxazole rings is 1. The lowest BCUT2D eigenvalue weighted by Gasteiger charge is -2.01. The van der Waals surface area contributed by atoms with E-state index in [0.717, 1.165) is 22.2 Å². The van der Waals surface area contributed by atoms with Crippen molar-refractivity contribution in [2.45, 2.75) is 6.92 Å². The van der Waals surface area contributed by atoms with E-state index >= 15 is 0 Å². The van der Waals surface area contributed by atoms with Crippen LogP contribution in [0.1, 0.15) is 21.5 Å². The van der Waals surface area contributed by atoms with Gasteiger partial charge < -0.3 is 14.6 Å². The van der Waals surface area contributed by atoms with Gasteiger partial charge in [0.05, 0.1) is 11.3 Å². The monoisotopic (exact) mass is 372 g/mol. The summed E-state index contributed by atoms with van der Waals surface area (Å²) in [5, 5.41) is 19.0. The van der Waals surface area contributed by atoms with E-state index in [1.165, 1.54) is 24.4 Å². The van der Waals surface area contributed by atoms with Crippen LogP contribution in [-0.4, -0.2) is 27.4 Å². The molecule has 1 heterocycles. The van der Waals surface area contributed by atoms with Gasteiger partial charge in [-0.1, -0.05) is 18.2 Å². The standard InChI is InChI=1S/C22H16N2O4/c1-13-4-2-7-19-20(13)24-21(28-19)14-5-3-6-17(11-14)23-12-16-10-15(22(26)27)8-9-18(16)25/h2-12,25H,1H3,(H,26,27). The van der Waals surface area contributed by atoms with Crippen LogP contribution in [0.2, 0.25) is 0 Å². The van der Waals surface area contributed by atoms with E-state index in [-0.39, 0.29) is 11.3 Å². The number of aromatic nitrogens is 1. The first-order chi connectivity index (χ1) is 13.5. The van der Waals surface area contributed by atoms with Crippen LogP contribution in [0.3, 0.4) is 0 Å². The van der Waals surface area contributed by atoms with Gasteiger partial charge in [-0.05, 0) is 55.0 Å². The molecular formula is C22H16N2O4. The number of aliphatic imine (C=N–C) groups is 1. The fraction of sp³-hybridized carbons (Fsp3) is 0.0455. The number of fused-ring (bicyclic) bond motifs is 1. The molecule has 2 N–H and O–H groups in total. The Morgan fingerprint density at radius 3 is 2.71 bits per heavy atom. The highest BCUT2D eigenvalue weighted by Crippen LogP contribution is 2.28. The predicted molar refractivity (Wildman–Crippen MR) is 107 cm³/mol. The number of aromatic hydroxyl groups is 1. The highest BCUT2D eigenvalue weighted by atomic mass is 16.4. The lowest BCUT2D eigenvalue weighted by Crippen LogP contribution is -1.97. The van der Waals surface area contributed by atoms with E-state index in [9.17, 15) is 9.90 Å². The molecule has 138 valence electrons. The number of phenols is 1. The summed E-state index contributed by atoms with van der Waals surface area (Å²) >= 11 is 0. The number of phenolic OH excluding ortho intramolecular Hbond substituents is 1. The molecule has 0 atom stereocenters. The molecule has 3 aromatic carbocycles. The second kappa shape index (κ2) is 7.00. The number of carbonyl (C=O) groups is 1. The molecule has 0 aliphatic heterocycles. The van der Waals surface area contributed by atoms with Gasteiger partial charge in [-0.2, -0.15) is 0 Å². The molecule has 6 nitrogen and oxygen atoms in total. The maximum absolute atomic E-state index is 11.1. The normalized spacial score (nSPS) is 11.3. The number of benzene rings is 3. The Balaban J connectivity index is 1.67. The summed E-state index contributed by atoms with van der Waals surface area (Å²) in [6.45, 7) is 1.98. The van der Waals surface area contributed by atoms with Crippen molar-refractivity contribution in [3.05, 3.63) is 77.4 Å². The van der Waals surface area contributed by atoms with Gasteiger partial charge in [0.1, 0.15) is 11.3 Å². The van der Waals surface area contributed by atoms with Crippen molar-refractivity contribution in [3.63, 3.8) is 0 Å². The van der Waals surface area contributed by atoms with Crippen LogP contribution in [-0.2, 0) is 0 Å². The SMILES string of the molecule is Cc1cccc2oc(-c3cccc(N=Cc4cc(C(=O)O)ccc4O)c3)nc12. The van der Waals surface area contributed by atoms with Gasteiger partial charge in [0, 0.05) is 17.3 Å². The van der Waals surface area contributed by atoms with Crippen LogP contribution in [0.4, 0.5) is 5.69 Å². The largest absolute Gasteiger partial charge is 0.507 e. The molecule has 0 saturated carbocycles. The number of hydrogen-bond acceptors (Lipinski definition) is 5. The topological polar surface area (TPSA) is 95.9 Å². The number of nitrogens with zero attached hydrogens (tertiary/aromatic N) is 2. The minimum absolute atomic E-state index is 0.0423. The van der Waals surface area contributed by atoms with Crippen molar-refractivity contribution >= 4 is 29.0 Å². The van der Waals surface area contributed by atoms with Crippen molar-refractivity contribution in [1.82, 2.24) is 4.98 Å². The van der Waals surface area contributed by atoms with Gasteiger partial charge in [0.15, 0.2) is 5.58 Å². The van der Waals surface area contributed by atoms with E-state index in [2.05, 4.69) is 9.98 Å². The highest BCUT2D eigenvalue weighted by molar-refractivity contribution is 5.93. The number of carboxylic acids is 1. The Bertz CT molecular complexity index is 1220. The molecule has 0 aliphatic carbocycles. The van der Waals surface area contributed by atoms with E-state index in [4.69, 9.17) is 9.52 Å². The summed E-state index contributed by atoms with van der Waals surface area (Å²) in [5.74, 6) is -0.612. The zero-order valence-electron chi connectivity index (χ0n) is 15.0. The zero-order chi connectivity index (χ0) is 19.7. The third-order valence-electron chi connectivity index (χ3n) is 4.34. The predicted octanol–water partition coefficient (Wildman–Crippen LogP) is 4.96. The van der Waals surface area contributed by atoms with Gasteiger partial charge in [-0.15, -0.1) is 0 Å². The minimum atomic E-state index is -1.07. The number of para-hydroxylation sites is 1. The first kappa shape index (κ1) is 17.5.